The molecule has 2 fully saturated rings. The number of fused-ring (bicyclic) bond motifs is 1. The Balaban J connectivity index is 1.52. The zero-order valence-corrected chi connectivity index (χ0v) is 19.8. The van der Waals surface area contributed by atoms with E-state index in [1.165, 1.54) is 6.20 Å². The lowest BCUT2D eigenvalue weighted by Crippen LogP contribution is -2.29. The number of hydrogen-bond donors (Lipinski definition) is 3. The van der Waals surface area contributed by atoms with Crippen molar-refractivity contribution in [3.05, 3.63) is 35.0 Å². The van der Waals surface area contributed by atoms with Gasteiger partial charge in [-0.05, 0) is 38.2 Å². The molecule has 2 aliphatic carbocycles. The van der Waals surface area contributed by atoms with Crippen LogP contribution in [0.2, 0.25) is 5.02 Å². The van der Waals surface area contributed by atoms with Crippen molar-refractivity contribution in [1.82, 2.24) is 19.5 Å². The number of rotatable bonds is 6. The van der Waals surface area contributed by atoms with Gasteiger partial charge in [-0.3, -0.25) is 9.36 Å². The number of hydrogen-bond acceptors (Lipinski definition) is 6. The Morgan fingerprint density at radius 3 is 2.53 bits per heavy atom. The highest BCUT2D eigenvalue weighted by Crippen LogP contribution is 2.39. The molecular formula is C23H24ClF4N7O. The van der Waals surface area contributed by atoms with E-state index in [0.717, 1.165) is 6.07 Å². The molecule has 8 nitrogen and oxygen atoms in total. The average Bonchev–Trinajstić information content (AvgIpc) is 3.34. The molecule has 13 heteroatoms. The van der Waals surface area contributed by atoms with Crippen LogP contribution in [0.5, 0.6) is 0 Å². The largest absolute Gasteiger partial charge is 0.369 e. The van der Waals surface area contributed by atoms with Gasteiger partial charge in [-0.1, -0.05) is 11.6 Å². The minimum atomic E-state index is -2.72. The van der Waals surface area contributed by atoms with Crippen LogP contribution in [0.15, 0.2) is 18.3 Å². The number of primary amides is 1. The highest BCUT2D eigenvalue weighted by Gasteiger charge is 2.39. The predicted octanol–water partition coefficient (Wildman–Crippen LogP) is 5.32. The van der Waals surface area contributed by atoms with Crippen LogP contribution >= 0.6 is 11.6 Å². The summed E-state index contributed by atoms with van der Waals surface area (Å²) in [5, 5.41) is 5.67. The summed E-state index contributed by atoms with van der Waals surface area (Å²) in [7, 11) is 0. The van der Waals surface area contributed by atoms with E-state index in [0.29, 0.717) is 49.3 Å². The van der Waals surface area contributed by atoms with E-state index in [4.69, 9.17) is 17.3 Å². The van der Waals surface area contributed by atoms with E-state index in [-0.39, 0.29) is 53.3 Å². The molecule has 3 aromatic rings. The number of halogens is 5. The fourth-order valence-corrected chi connectivity index (χ4v) is 5.28. The number of carbonyl (C=O) groups excluding carboxylic acids is 1. The zero-order valence-electron chi connectivity index (χ0n) is 19.1. The molecule has 2 heterocycles. The Kier molecular flexibility index (Phi) is 6.39. The fourth-order valence-electron chi connectivity index (χ4n) is 5.04. The molecule has 0 unspecified atom stereocenters. The predicted molar refractivity (Wildman–Crippen MR) is 126 cm³/mol. The third-order valence-electron chi connectivity index (χ3n) is 6.88. The van der Waals surface area contributed by atoms with E-state index in [1.54, 1.807) is 4.57 Å². The average molecular weight is 526 g/mol. The van der Waals surface area contributed by atoms with E-state index in [1.807, 2.05) is 0 Å². The monoisotopic (exact) mass is 525 g/mol. The van der Waals surface area contributed by atoms with Crippen molar-refractivity contribution in [2.45, 2.75) is 63.0 Å². The Labute approximate surface area is 208 Å². The highest BCUT2D eigenvalue weighted by atomic mass is 35.5. The number of aromatic nitrogens is 4. The molecule has 2 saturated carbocycles. The first-order valence-electron chi connectivity index (χ1n) is 11.7. The number of nitrogens with one attached hydrogen (secondary N) is 2. The molecule has 5 rings (SSSR count). The van der Waals surface area contributed by atoms with Gasteiger partial charge in [-0.15, -0.1) is 0 Å². The van der Waals surface area contributed by atoms with Gasteiger partial charge in [-0.2, -0.15) is 4.98 Å². The van der Waals surface area contributed by atoms with Gasteiger partial charge in [0.1, 0.15) is 11.3 Å². The molecule has 0 aliphatic heterocycles. The van der Waals surface area contributed by atoms with Gasteiger partial charge in [0.05, 0.1) is 16.9 Å². The molecule has 36 heavy (non-hydrogen) atoms. The van der Waals surface area contributed by atoms with Crippen LogP contribution in [0, 0.1) is 17.6 Å². The maximum Gasteiger partial charge on any atom is 0.250 e. The first kappa shape index (κ1) is 24.5. The fraction of sp³-hybridized carbons (Fsp3) is 0.478. The van der Waals surface area contributed by atoms with Crippen LogP contribution in [0.25, 0.3) is 11.2 Å². The Bertz CT molecular complexity index is 1290. The van der Waals surface area contributed by atoms with Gasteiger partial charge in [-0.25, -0.2) is 27.5 Å². The first-order chi connectivity index (χ1) is 17.1. The molecule has 0 radical (unpaired) electrons. The van der Waals surface area contributed by atoms with Crippen LogP contribution < -0.4 is 16.4 Å². The Morgan fingerprint density at radius 1 is 1.14 bits per heavy atom. The van der Waals surface area contributed by atoms with E-state index < -0.39 is 23.6 Å². The van der Waals surface area contributed by atoms with E-state index >= 15 is 0 Å². The van der Waals surface area contributed by atoms with Gasteiger partial charge in [0.15, 0.2) is 11.5 Å². The summed E-state index contributed by atoms with van der Waals surface area (Å²) >= 11 is 6.09. The third kappa shape index (κ3) is 4.91. The smallest absolute Gasteiger partial charge is 0.250 e. The normalized spacial score (nSPS) is 23.6. The SMILES string of the molecule is NC(=O)[C@H]1CC[C@@H](n2c(Nc3c(F)cc(F)cc3Cl)nc3cnc(N[C@H]4CCC(F)(F)C4)nc32)CC1. The molecule has 2 aliphatic rings. The lowest BCUT2D eigenvalue weighted by atomic mass is 9.85. The van der Waals surface area contributed by atoms with Gasteiger partial charge < -0.3 is 16.4 Å². The van der Waals surface area contributed by atoms with Crippen molar-refractivity contribution in [3.8, 4) is 0 Å². The van der Waals surface area contributed by atoms with Crippen molar-refractivity contribution in [1.29, 1.82) is 0 Å². The number of alkyl halides is 2. The Morgan fingerprint density at radius 2 is 1.89 bits per heavy atom. The number of imidazole rings is 1. The van der Waals surface area contributed by atoms with Crippen LogP contribution in [0.3, 0.4) is 0 Å². The minimum Gasteiger partial charge on any atom is -0.369 e. The number of anilines is 3. The molecule has 192 valence electrons. The summed E-state index contributed by atoms with van der Waals surface area (Å²) in [6.07, 6.45) is 3.50. The lowest BCUT2D eigenvalue weighted by molar-refractivity contribution is -0.122. The molecule has 0 saturated heterocycles. The van der Waals surface area contributed by atoms with Crippen LogP contribution in [-0.4, -0.2) is 37.4 Å². The van der Waals surface area contributed by atoms with Crippen molar-refractivity contribution in [2.24, 2.45) is 11.7 Å². The summed E-state index contributed by atoms with van der Waals surface area (Å²) in [5.74, 6) is -4.66. The standard InChI is InChI=1S/C23H24ClF4N7O/c24-15-7-12(25)8-16(26)18(15)33-22-32-17-10-30-21(31-13-5-6-23(27,28)9-13)34-20(17)35(22)14-3-1-11(2-4-14)19(29)36/h7-8,10-11,13-14H,1-6,9H2,(H2,29,36)(H,32,33)(H,30,31,34)/t11-,13-,14+/m0/s1. The third-order valence-corrected chi connectivity index (χ3v) is 7.18. The molecule has 1 aromatic carbocycles. The van der Waals surface area contributed by atoms with Gasteiger partial charge >= 0.3 is 0 Å². The molecule has 0 spiro atoms. The number of carbonyl (C=O) groups is 1. The van der Waals surface area contributed by atoms with Crippen molar-refractivity contribution < 1.29 is 22.4 Å². The molecule has 0 bridgehead atoms. The van der Waals surface area contributed by atoms with Crippen LogP contribution in [-0.2, 0) is 4.79 Å². The summed E-state index contributed by atoms with van der Waals surface area (Å²) in [6, 6.07) is 1.05. The summed E-state index contributed by atoms with van der Waals surface area (Å²) in [4.78, 5) is 24.9. The quantitative estimate of drug-likeness (QED) is 0.376. The van der Waals surface area contributed by atoms with Gasteiger partial charge in [0.2, 0.25) is 23.7 Å². The number of amides is 1. The van der Waals surface area contributed by atoms with E-state index in [9.17, 15) is 22.4 Å². The Hall–Kier alpha value is -3.15. The molecule has 1 atom stereocenters. The number of nitrogens with two attached hydrogens (primary N) is 1. The van der Waals surface area contributed by atoms with Crippen molar-refractivity contribution in [3.63, 3.8) is 0 Å². The van der Waals surface area contributed by atoms with Crippen molar-refractivity contribution >= 4 is 46.3 Å². The summed E-state index contributed by atoms with van der Waals surface area (Å²) < 4.78 is 57.2. The second kappa shape index (κ2) is 9.38. The first-order valence-corrected chi connectivity index (χ1v) is 12.1. The highest BCUT2D eigenvalue weighted by molar-refractivity contribution is 6.33. The number of nitrogens with zero attached hydrogens (tertiary/aromatic N) is 4. The second-order valence-corrected chi connectivity index (χ2v) is 9.83. The number of benzene rings is 1. The molecular weight excluding hydrogens is 502 g/mol. The van der Waals surface area contributed by atoms with Gasteiger partial charge in [0, 0.05) is 36.9 Å². The molecule has 4 N–H and O–H groups in total. The maximum atomic E-state index is 14.5. The molecule has 2 aromatic heterocycles. The summed E-state index contributed by atoms with van der Waals surface area (Å²) in [6.45, 7) is 0. The van der Waals surface area contributed by atoms with Crippen LogP contribution in [0.1, 0.15) is 51.0 Å². The van der Waals surface area contributed by atoms with Gasteiger partial charge in [0.25, 0.3) is 0 Å². The maximum absolute atomic E-state index is 14.5. The summed E-state index contributed by atoms with van der Waals surface area (Å²) in [5.41, 5.74) is 6.11. The topological polar surface area (TPSA) is 111 Å². The van der Waals surface area contributed by atoms with Crippen molar-refractivity contribution in [2.75, 3.05) is 10.6 Å². The molecule has 1 amide bonds. The minimum absolute atomic E-state index is 0.153. The lowest BCUT2D eigenvalue weighted by Gasteiger charge is -2.29. The van der Waals surface area contributed by atoms with Crippen LogP contribution in [0.4, 0.5) is 35.1 Å². The second-order valence-electron chi connectivity index (χ2n) is 9.43. The van der Waals surface area contributed by atoms with E-state index in [2.05, 4.69) is 25.6 Å². The zero-order chi connectivity index (χ0) is 25.6.